The Morgan fingerprint density at radius 1 is 1.04 bits per heavy atom. The summed E-state index contributed by atoms with van der Waals surface area (Å²) in [5, 5.41) is 9.41. The van der Waals surface area contributed by atoms with E-state index in [4.69, 9.17) is 9.47 Å². The number of hydrogen-bond acceptors (Lipinski definition) is 3. The van der Waals surface area contributed by atoms with E-state index in [0.29, 0.717) is 18.9 Å². The van der Waals surface area contributed by atoms with Crippen molar-refractivity contribution in [3.05, 3.63) is 59.7 Å². The molecular formula is C20H23NO2. The van der Waals surface area contributed by atoms with Crippen LogP contribution in [0.5, 0.6) is 11.5 Å². The van der Waals surface area contributed by atoms with E-state index in [1.807, 2.05) is 42.5 Å². The summed E-state index contributed by atoms with van der Waals surface area (Å²) < 4.78 is 11.1. The Bertz CT molecular complexity index is 656. The third-order valence-electron chi connectivity index (χ3n) is 3.88. The summed E-state index contributed by atoms with van der Waals surface area (Å²) in [7, 11) is 1.64. The predicted molar refractivity (Wildman–Crippen MR) is 92.0 cm³/mol. The molecule has 3 nitrogen and oxygen atoms in total. The Balaban J connectivity index is 1.97. The van der Waals surface area contributed by atoms with Gasteiger partial charge in [0, 0.05) is 6.42 Å². The molecular weight excluding hydrogens is 286 g/mol. The normalized spacial score (nSPS) is 11.8. The molecule has 3 heteroatoms. The fourth-order valence-electron chi connectivity index (χ4n) is 2.52. The molecule has 0 bridgehead atoms. The average Bonchev–Trinajstić information content (AvgIpc) is 2.59. The van der Waals surface area contributed by atoms with Gasteiger partial charge < -0.3 is 9.47 Å². The van der Waals surface area contributed by atoms with E-state index in [0.717, 1.165) is 17.1 Å². The molecule has 0 amide bonds. The van der Waals surface area contributed by atoms with Gasteiger partial charge in [-0.3, -0.25) is 0 Å². The quantitative estimate of drug-likeness (QED) is 0.731. The smallest absolute Gasteiger partial charge is 0.122 e. The van der Waals surface area contributed by atoms with Gasteiger partial charge in [0.25, 0.3) is 0 Å². The van der Waals surface area contributed by atoms with Crippen molar-refractivity contribution in [3.63, 3.8) is 0 Å². The molecule has 0 saturated carbocycles. The number of methoxy groups -OCH3 is 1. The van der Waals surface area contributed by atoms with Gasteiger partial charge in [-0.25, -0.2) is 0 Å². The number of rotatable bonds is 7. The van der Waals surface area contributed by atoms with Crippen LogP contribution in [0.2, 0.25) is 0 Å². The van der Waals surface area contributed by atoms with E-state index >= 15 is 0 Å². The molecule has 0 aliphatic carbocycles. The van der Waals surface area contributed by atoms with Crippen LogP contribution in [0.15, 0.2) is 48.5 Å². The van der Waals surface area contributed by atoms with Crippen molar-refractivity contribution in [2.45, 2.75) is 32.1 Å². The lowest BCUT2D eigenvalue weighted by Gasteiger charge is -2.15. The van der Waals surface area contributed by atoms with Gasteiger partial charge in [0.1, 0.15) is 11.5 Å². The van der Waals surface area contributed by atoms with Crippen LogP contribution >= 0.6 is 0 Å². The monoisotopic (exact) mass is 309 g/mol. The zero-order chi connectivity index (χ0) is 16.7. The second-order valence-corrected chi connectivity index (χ2v) is 5.78. The second-order valence-electron chi connectivity index (χ2n) is 5.78. The molecule has 0 fully saturated rings. The summed E-state index contributed by atoms with van der Waals surface area (Å²) >= 11 is 0. The highest BCUT2D eigenvalue weighted by Gasteiger charge is 2.12. The maximum Gasteiger partial charge on any atom is 0.122 e. The Labute approximate surface area is 138 Å². The van der Waals surface area contributed by atoms with Crippen LogP contribution < -0.4 is 9.47 Å². The number of benzene rings is 2. The molecule has 0 aliphatic heterocycles. The Morgan fingerprint density at radius 3 is 2.35 bits per heavy atom. The van der Waals surface area contributed by atoms with Crippen molar-refractivity contribution >= 4 is 0 Å². The molecule has 0 heterocycles. The van der Waals surface area contributed by atoms with Gasteiger partial charge >= 0.3 is 0 Å². The predicted octanol–water partition coefficient (Wildman–Crippen LogP) is 4.89. The van der Waals surface area contributed by atoms with Crippen LogP contribution in [0.4, 0.5) is 0 Å². The third kappa shape index (κ3) is 4.50. The molecule has 120 valence electrons. The summed E-state index contributed by atoms with van der Waals surface area (Å²) in [4.78, 5) is 0. The molecule has 0 N–H and O–H groups in total. The second kappa shape index (κ2) is 8.24. The Hall–Kier alpha value is -2.47. The highest BCUT2D eigenvalue weighted by molar-refractivity contribution is 5.36. The van der Waals surface area contributed by atoms with E-state index in [-0.39, 0.29) is 5.92 Å². The van der Waals surface area contributed by atoms with Crippen molar-refractivity contribution in [3.8, 4) is 17.6 Å². The summed E-state index contributed by atoms with van der Waals surface area (Å²) in [6.45, 7) is 4.82. The first-order chi connectivity index (χ1) is 11.2. The van der Waals surface area contributed by atoms with Crippen molar-refractivity contribution in [2.24, 2.45) is 0 Å². The lowest BCUT2D eigenvalue weighted by atomic mass is 9.97. The molecule has 2 rings (SSSR count). The highest BCUT2D eigenvalue weighted by Crippen LogP contribution is 2.27. The van der Waals surface area contributed by atoms with Crippen LogP contribution in [0.25, 0.3) is 0 Å². The van der Waals surface area contributed by atoms with Crippen LogP contribution in [-0.4, -0.2) is 13.7 Å². The van der Waals surface area contributed by atoms with Crippen LogP contribution in [0.1, 0.15) is 43.2 Å². The summed E-state index contributed by atoms with van der Waals surface area (Å²) in [5.41, 5.74) is 2.19. The Kier molecular flexibility index (Phi) is 6.05. The standard InChI is InChI=1S/C20H23NO2/c1-15(2)19-6-4-5-7-20(19)23-13-12-17(14-21)16-8-10-18(22-3)11-9-16/h4-11,15,17H,12-13H2,1-3H3. The van der Waals surface area contributed by atoms with Gasteiger partial charge in [-0.1, -0.05) is 44.2 Å². The van der Waals surface area contributed by atoms with E-state index < -0.39 is 0 Å². The molecule has 2 aromatic carbocycles. The minimum atomic E-state index is -0.174. The molecule has 0 saturated heterocycles. The van der Waals surface area contributed by atoms with Crippen molar-refractivity contribution < 1.29 is 9.47 Å². The molecule has 1 unspecified atom stereocenters. The molecule has 0 aliphatic rings. The van der Waals surface area contributed by atoms with Crippen molar-refractivity contribution in [1.29, 1.82) is 5.26 Å². The first-order valence-electron chi connectivity index (χ1n) is 7.91. The van der Waals surface area contributed by atoms with E-state index in [1.165, 1.54) is 5.56 Å². The topological polar surface area (TPSA) is 42.2 Å². The van der Waals surface area contributed by atoms with Crippen LogP contribution in [0.3, 0.4) is 0 Å². The summed E-state index contributed by atoms with van der Waals surface area (Å²) in [5.74, 6) is 1.95. The first kappa shape index (κ1) is 16.9. The summed E-state index contributed by atoms with van der Waals surface area (Å²) in [6, 6.07) is 18.1. The van der Waals surface area contributed by atoms with Crippen LogP contribution in [0, 0.1) is 11.3 Å². The van der Waals surface area contributed by atoms with Crippen molar-refractivity contribution in [2.75, 3.05) is 13.7 Å². The minimum Gasteiger partial charge on any atom is -0.497 e. The number of para-hydroxylation sites is 1. The maximum atomic E-state index is 9.41. The number of ether oxygens (including phenoxy) is 2. The van der Waals surface area contributed by atoms with Gasteiger partial charge in [0.15, 0.2) is 0 Å². The van der Waals surface area contributed by atoms with E-state index in [9.17, 15) is 5.26 Å². The largest absolute Gasteiger partial charge is 0.497 e. The fourth-order valence-corrected chi connectivity index (χ4v) is 2.52. The van der Waals surface area contributed by atoms with Crippen molar-refractivity contribution in [1.82, 2.24) is 0 Å². The Morgan fingerprint density at radius 2 is 1.74 bits per heavy atom. The van der Waals surface area contributed by atoms with E-state index in [2.05, 4.69) is 26.0 Å². The SMILES string of the molecule is COc1ccc(C(C#N)CCOc2ccccc2C(C)C)cc1. The van der Waals surface area contributed by atoms with E-state index in [1.54, 1.807) is 7.11 Å². The molecule has 1 atom stereocenters. The summed E-state index contributed by atoms with van der Waals surface area (Å²) in [6.07, 6.45) is 0.662. The molecule has 0 aromatic heterocycles. The van der Waals surface area contributed by atoms with Gasteiger partial charge in [-0.05, 0) is 35.2 Å². The zero-order valence-electron chi connectivity index (χ0n) is 14.0. The third-order valence-corrected chi connectivity index (χ3v) is 3.88. The first-order valence-corrected chi connectivity index (χ1v) is 7.91. The number of nitrogens with zero attached hydrogens (tertiary/aromatic N) is 1. The highest BCUT2D eigenvalue weighted by atomic mass is 16.5. The fraction of sp³-hybridized carbons (Fsp3) is 0.350. The number of nitriles is 1. The minimum absolute atomic E-state index is 0.174. The van der Waals surface area contributed by atoms with Gasteiger partial charge in [0.05, 0.1) is 25.7 Å². The molecule has 2 aromatic rings. The van der Waals surface area contributed by atoms with Gasteiger partial charge in [-0.2, -0.15) is 5.26 Å². The maximum absolute atomic E-state index is 9.41. The van der Waals surface area contributed by atoms with Gasteiger partial charge in [0.2, 0.25) is 0 Å². The number of hydrogen-bond donors (Lipinski definition) is 0. The average molecular weight is 309 g/mol. The van der Waals surface area contributed by atoms with Crippen LogP contribution in [-0.2, 0) is 0 Å². The lowest BCUT2D eigenvalue weighted by Crippen LogP contribution is -2.06. The zero-order valence-corrected chi connectivity index (χ0v) is 14.0. The van der Waals surface area contributed by atoms with Gasteiger partial charge in [-0.15, -0.1) is 0 Å². The lowest BCUT2D eigenvalue weighted by molar-refractivity contribution is 0.302. The molecule has 0 spiro atoms. The molecule has 0 radical (unpaired) electrons. The molecule has 23 heavy (non-hydrogen) atoms.